The molecule has 0 fully saturated rings. The molecule has 2 aromatic carbocycles. The highest BCUT2D eigenvalue weighted by Crippen LogP contribution is 2.31. The minimum absolute atomic E-state index is 0.00684. The molecule has 0 aliphatic carbocycles. The van der Waals surface area contributed by atoms with E-state index in [1.165, 1.54) is 5.56 Å². The van der Waals surface area contributed by atoms with E-state index in [-0.39, 0.29) is 5.91 Å². The summed E-state index contributed by atoms with van der Waals surface area (Å²) in [5.74, 6) is -0.00684. The molecule has 0 aliphatic rings. The predicted molar refractivity (Wildman–Crippen MR) is 130 cm³/mol. The van der Waals surface area contributed by atoms with Gasteiger partial charge in [0.2, 0.25) is 0 Å². The number of fused-ring (bicyclic) bond motifs is 1. The van der Waals surface area contributed by atoms with Crippen LogP contribution >= 0.6 is 23.1 Å². The number of rotatable bonds is 8. The van der Waals surface area contributed by atoms with Crippen LogP contribution in [0.15, 0.2) is 66.1 Å². The zero-order chi connectivity index (χ0) is 21.8. The van der Waals surface area contributed by atoms with Crippen LogP contribution in [0.3, 0.4) is 0 Å². The summed E-state index contributed by atoms with van der Waals surface area (Å²) in [6.07, 6.45) is 6.34. The zero-order valence-corrected chi connectivity index (χ0v) is 19.6. The molecule has 1 amide bonds. The number of amides is 1. The van der Waals surface area contributed by atoms with Crippen LogP contribution in [0.5, 0.6) is 0 Å². The van der Waals surface area contributed by atoms with Crippen molar-refractivity contribution in [2.75, 3.05) is 11.4 Å². The van der Waals surface area contributed by atoms with E-state index in [9.17, 15) is 4.79 Å². The summed E-state index contributed by atoms with van der Waals surface area (Å²) in [4.78, 5) is 25.4. The summed E-state index contributed by atoms with van der Waals surface area (Å²) in [6, 6.07) is 14.1. The molecule has 160 valence electrons. The van der Waals surface area contributed by atoms with Crippen molar-refractivity contribution in [1.29, 1.82) is 0 Å². The summed E-state index contributed by atoms with van der Waals surface area (Å²) >= 11 is 3.34. The van der Waals surface area contributed by atoms with E-state index in [1.807, 2.05) is 39.9 Å². The number of imidazole rings is 1. The van der Waals surface area contributed by atoms with Crippen LogP contribution in [0.25, 0.3) is 10.2 Å². The number of benzene rings is 2. The molecule has 2 aromatic heterocycles. The largest absolute Gasteiger partial charge is 0.337 e. The molecule has 7 heteroatoms. The van der Waals surface area contributed by atoms with Crippen LogP contribution in [-0.4, -0.2) is 32.2 Å². The Morgan fingerprint density at radius 2 is 2.10 bits per heavy atom. The van der Waals surface area contributed by atoms with Crippen LogP contribution in [-0.2, 0) is 6.54 Å². The third-order valence-electron chi connectivity index (χ3n) is 4.82. The third-order valence-corrected chi connectivity index (χ3v) is 6.86. The second-order valence-electron chi connectivity index (χ2n) is 7.77. The Kier molecular flexibility index (Phi) is 6.73. The molecule has 0 radical (unpaired) electrons. The van der Waals surface area contributed by atoms with Gasteiger partial charge < -0.3 is 4.57 Å². The normalized spacial score (nSPS) is 11.4. The van der Waals surface area contributed by atoms with E-state index in [0.29, 0.717) is 17.4 Å². The molecule has 0 saturated heterocycles. The number of thiazole rings is 1. The Balaban J connectivity index is 1.62. The first-order chi connectivity index (χ1) is 15.0. The van der Waals surface area contributed by atoms with Crippen molar-refractivity contribution in [2.24, 2.45) is 0 Å². The van der Waals surface area contributed by atoms with Crippen molar-refractivity contribution in [1.82, 2.24) is 14.5 Å². The van der Waals surface area contributed by atoms with Gasteiger partial charge in [0, 0.05) is 41.2 Å². The van der Waals surface area contributed by atoms with Gasteiger partial charge in [-0.3, -0.25) is 9.69 Å². The van der Waals surface area contributed by atoms with Gasteiger partial charge in [-0.15, -0.1) is 11.8 Å². The molecular formula is C24H26N4OS2. The van der Waals surface area contributed by atoms with Crippen molar-refractivity contribution >= 4 is 44.4 Å². The summed E-state index contributed by atoms with van der Waals surface area (Å²) in [5.41, 5.74) is 2.82. The van der Waals surface area contributed by atoms with Gasteiger partial charge in [0.1, 0.15) is 0 Å². The monoisotopic (exact) mass is 450 g/mol. The van der Waals surface area contributed by atoms with Crippen LogP contribution in [0.2, 0.25) is 0 Å². The van der Waals surface area contributed by atoms with Gasteiger partial charge in [-0.25, -0.2) is 9.97 Å². The zero-order valence-electron chi connectivity index (χ0n) is 18.0. The van der Waals surface area contributed by atoms with Crippen LogP contribution in [0.1, 0.15) is 36.2 Å². The summed E-state index contributed by atoms with van der Waals surface area (Å²) in [7, 11) is 0. The minimum Gasteiger partial charge on any atom is -0.337 e. The van der Waals surface area contributed by atoms with Crippen LogP contribution in [0, 0.1) is 6.92 Å². The molecule has 5 nitrogen and oxygen atoms in total. The average molecular weight is 451 g/mol. The minimum atomic E-state index is -0.00684. The second-order valence-corrected chi connectivity index (χ2v) is 10.4. The molecule has 0 atom stereocenters. The fourth-order valence-electron chi connectivity index (χ4n) is 3.38. The SMILES string of the molecule is Cc1ccc2nc(N(CCCn3ccnc3)C(=O)c3cccc(SC(C)C)c3)sc2c1. The first-order valence-electron chi connectivity index (χ1n) is 10.4. The molecule has 0 aliphatic heterocycles. The van der Waals surface area contributed by atoms with Crippen molar-refractivity contribution in [3.05, 3.63) is 72.3 Å². The van der Waals surface area contributed by atoms with Crippen LogP contribution < -0.4 is 4.90 Å². The van der Waals surface area contributed by atoms with Crippen molar-refractivity contribution < 1.29 is 4.79 Å². The maximum atomic E-state index is 13.6. The lowest BCUT2D eigenvalue weighted by Crippen LogP contribution is -2.32. The highest BCUT2D eigenvalue weighted by atomic mass is 32.2. The van der Waals surface area contributed by atoms with Gasteiger partial charge in [-0.1, -0.05) is 37.3 Å². The number of thioether (sulfide) groups is 1. The molecular weight excluding hydrogens is 424 g/mol. The lowest BCUT2D eigenvalue weighted by molar-refractivity contribution is 0.0986. The van der Waals surface area contributed by atoms with Gasteiger partial charge in [-0.2, -0.15) is 0 Å². The first kappa shape index (κ1) is 21.6. The predicted octanol–water partition coefficient (Wildman–Crippen LogP) is 6.04. The van der Waals surface area contributed by atoms with Crippen molar-refractivity contribution in [2.45, 2.75) is 43.9 Å². The number of carbonyl (C=O) groups is 1. The average Bonchev–Trinajstić information content (AvgIpc) is 3.39. The molecule has 0 N–H and O–H groups in total. The quantitative estimate of drug-likeness (QED) is 0.307. The fourth-order valence-corrected chi connectivity index (χ4v) is 5.36. The molecule has 2 heterocycles. The van der Waals surface area contributed by atoms with E-state index in [1.54, 1.807) is 35.6 Å². The number of hydrogen-bond donors (Lipinski definition) is 0. The molecule has 4 rings (SSSR count). The van der Waals surface area contributed by atoms with Crippen molar-refractivity contribution in [3.63, 3.8) is 0 Å². The van der Waals surface area contributed by atoms with Gasteiger partial charge in [-0.05, 0) is 49.2 Å². The smallest absolute Gasteiger partial charge is 0.260 e. The topological polar surface area (TPSA) is 51.0 Å². The number of nitrogens with zero attached hydrogens (tertiary/aromatic N) is 4. The fraction of sp³-hybridized carbons (Fsp3) is 0.292. The molecule has 0 unspecified atom stereocenters. The third kappa shape index (κ3) is 5.35. The Morgan fingerprint density at radius 1 is 1.23 bits per heavy atom. The van der Waals surface area contributed by atoms with E-state index in [0.717, 1.165) is 33.2 Å². The Hall–Kier alpha value is -2.64. The number of anilines is 1. The van der Waals surface area contributed by atoms with E-state index >= 15 is 0 Å². The lowest BCUT2D eigenvalue weighted by atomic mass is 10.2. The molecule has 31 heavy (non-hydrogen) atoms. The standard InChI is InChI=1S/C24H26N4OS2/c1-17(2)30-20-7-4-6-19(15-20)23(29)28(12-5-11-27-13-10-25-16-27)24-26-21-9-8-18(3)14-22(21)31-24/h4,6-10,13-17H,5,11-12H2,1-3H3. The van der Waals surface area contributed by atoms with Crippen molar-refractivity contribution in [3.8, 4) is 0 Å². The van der Waals surface area contributed by atoms with Gasteiger partial charge in [0.05, 0.1) is 16.5 Å². The number of carbonyl (C=O) groups excluding carboxylic acids is 1. The van der Waals surface area contributed by atoms with E-state index in [2.05, 4.69) is 44.0 Å². The number of hydrogen-bond acceptors (Lipinski definition) is 5. The van der Waals surface area contributed by atoms with Crippen LogP contribution in [0.4, 0.5) is 5.13 Å². The molecule has 0 spiro atoms. The first-order valence-corrected chi connectivity index (χ1v) is 12.1. The maximum Gasteiger partial charge on any atom is 0.260 e. The van der Waals surface area contributed by atoms with E-state index < -0.39 is 0 Å². The number of aromatic nitrogens is 3. The molecule has 0 bridgehead atoms. The Morgan fingerprint density at radius 3 is 2.87 bits per heavy atom. The van der Waals surface area contributed by atoms with Gasteiger partial charge in [0.25, 0.3) is 5.91 Å². The summed E-state index contributed by atoms with van der Waals surface area (Å²) < 4.78 is 3.14. The van der Waals surface area contributed by atoms with Gasteiger partial charge in [0.15, 0.2) is 5.13 Å². The highest BCUT2D eigenvalue weighted by Gasteiger charge is 2.21. The van der Waals surface area contributed by atoms with E-state index in [4.69, 9.17) is 4.98 Å². The number of aryl methyl sites for hydroxylation is 2. The molecule has 0 saturated carbocycles. The Labute approximate surface area is 191 Å². The molecule has 4 aromatic rings. The lowest BCUT2D eigenvalue weighted by Gasteiger charge is -2.20. The van der Waals surface area contributed by atoms with Gasteiger partial charge >= 0.3 is 0 Å². The Bertz CT molecular complexity index is 1170. The highest BCUT2D eigenvalue weighted by molar-refractivity contribution is 7.99. The second kappa shape index (κ2) is 9.66. The maximum absolute atomic E-state index is 13.6. The summed E-state index contributed by atoms with van der Waals surface area (Å²) in [5, 5.41) is 1.21. The summed E-state index contributed by atoms with van der Waals surface area (Å²) in [6.45, 7) is 7.79.